The molecule has 0 radical (unpaired) electrons. The molecule has 0 saturated carbocycles. The lowest BCUT2D eigenvalue weighted by Crippen LogP contribution is -2.10. The Morgan fingerprint density at radius 1 is 0.971 bits per heavy atom. The predicted octanol–water partition coefficient (Wildman–Crippen LogP) is 6.33. The maximum atomic E-state index is 13.1. The van der Waals surface area contributed by atoms with Gasteiger partial charge in [-0.15, -0.1) is 0 Å². The zero-order valence-corrected chi connectivity index (χ0v) is 18.7. The van der Waals surface area contributed by atoms with E-state index in [1.165, 1.54) is 10.6 Å². The monoisotopic (exact) mass is 495 g/mol. The van der Waals surface area contributed by atoms with E-state index >= 15 is 0 Å². The summed E-state index contributed by atoms with van der Waals surface area (Å²) in [6.07, 6.45) is -4.18. The van der Waals surface area contributed by atoms with Gasteiger partial charge in [0.2, 0.25) is 0 Å². The minimum atomic E-state index is -4.62. The van der Waals surface area contributed by atoms with Gasteiger partial charge in [-0.3, -0.25) is 4.79 Å². The van der Waals surface area contributed by atoms with E-state index in [1.807, 2.05) is 30.3 Å². The van der Waals surface area contributed by atoms with Crippen molar-refractivity contribution in [2.45, 2.75) is 12.6 Å². The van der Waals surface area contributed by atoms with Crippen molar-refractivity contribution in [3.8, 4) is 28.1 Å². The zero-order valence-electron chi connectivity index (χ0n) is 18.0. The maximum Gasteiger partial charge on any atom is 0.416 e. The fraction of sp³-hybridized carbons (Fsp3) is 0.0769. The van der Waals surface area contributed by atoms with Crippen LogP contribution in [0.4, 0.5) is 13.2 Å². The average molecular weight is 496 g/mol. The topological polar surface area (TPSA) is 70.4 Å². The second kappa shape index (κ2) is 8.63. The summed E-state index contributed by atoms with van der Waals surface area (Å²) in [5, 5.41) is 15.7. The summed E-state index contributed by atoms with van der Waals surface area (Å²) >= 11 is 6.07. The van der Waals surface area contributed by atoms with Gasteiger partial charge in [0.1, 0.15) is 11.4 Å². The molecule has 0 fully saturated rings. The van der Waals surface area contributed by atoms with Gasteiger partial charge in [-0.1, -0.05) is 54.1 Å². The normalized spacial score (nSPS) is 11.8. The largest absolute Gasteiger partial charge is 0.507 e. The van der Waals surface area contributed by atoms with Crippen molar-refractivity contribution in [1.82, 2.24) is 14.6 Å². The average Bonchev–Trinajstić information content (AvgIpc) is 3.17. The first-order valence-electron chi connectivity index (χ1n) is 10.6. The van der Waals surface area contributed by atoms with Crippen LogP contribution in [0.1, 0.15) is 16.8 Å². The molecule has 0 saturated heterocycles. The van der Waals surface area contributed by atoms with E-state index < -0.39 is 23.0 Å². The van der Waals surface area contributed by atoms with Crippen molar-refractivity contribution in [3.05, 3.63) is 111 Å². The third-order valence-electron chi connectivity index (χ3n) is 5.64. The van der Waals surface area contributed by atoms with Crippen molar-refractivity contribution >= 4 is 17.2 Å². The molecule has 2 N–H and O–H groups in total. The number of aromatic hydroxyl groups is 1. The van der Waals surface area contributed by atoms with Crippen molar-refractivity contribution in [2.24, 2.45) is 0 Å². The quantitative estimate of drug-likeness (QED) is 0.306. The summed E-state index contributed by atoms with van der Waals surface area (Å²) in [7, 11) is 0. The highest BCUT2D eigenvalue weighted by Gasteiger charge is 2.31. The number of fused-ring (bicyclic) bond motifs is 1. The van der Waals surface area contributed by atoms with E-state index in [9.17, 15) is 23.1 Å². The highest BCUT2D eigenvalue weighted by Crippen LogP contribution is 2.37. The minimum absolute atomic E-state index is 0.0468. The lowest BCUT2D eigenvalue weighted by Gasteiger charge is -2.11. The molecule has 0 bridgehead atoms. The Kier molecular flexibility index (Phi) is 5.61. The molecule has 0 amide bonds. The Bertz CT molecular complexity index is 1590. The number of aromatic amines is 1. The number of hydrogen-bond donors (Lipinski definition) is 2. The third-order valence-corrected chi connectivity index (χ3v) is 5.90. The SMILES string of the molecule is O=c1cc(-c2ccc(C(F)(F)F)cc2O)n2nc(Cc3ccccc3)c(-c3ccc(Cl)cc3)c2[nH]1. The predicted molar refractivity (Wildman–Crippen MR) is 128 cm³/mol. The molecule has 2 heterocycles. The molecule has 0 atom stereocenters. The molecule has 0 aliphatic heterocycles. The minimum Gasteiger partial charge on any atom is -0.507 e. The number of benzene rings is 3. The standard InChI is InChI=1S/C26H17ClF3N3O2/c27-18-9-6-16(7-10-18)24-20(12-15-4-2-1-3-5-15)32-33-21(14-23(35)31-25(24)33)19-11-8-17(13-22(19)34)26(28,29)30/h1-11,13-14,34H,12H2,(H,31,35). The summed E-state index contributed by atoms with van der Waals surface area (Å²) in [6.45, 7) is 0. The Labute approximate surface area is 202 Å². The lowest BCUT2D eigenvalue weighted by molar-refractivity contribution is -0.137. The Morgan fingerprint density at radius 2 is 1.69 bits per heavy atom. The first-order valence-corrected chi connectivity index (χ1v) is 10.9. The van der Waals surface area contributed by atoms with Gasteiger partial charge in [-0.25, -0.2) is 4.52 Å². The number of halogens is 4. The first-order chi connectivity index (χ1) is 16.7. The van der Waals surface area contributed by atoms with Crippen LogP contribution in [0.25, 0.3) is 28.0 Å². The second-order valence-electron chi connectivity index (χ2n) is 8.00. The smallest absolute Gasteiger partial charge is 0.416 e. The molecule has 0 unspecified atom stereocenters. The van der Waals surface area contributed by atoms with Gasteiger partial charge >= 0.3 is 6.18 Å². The Hall–Kier alpha value is -4.04. The highest BCUT2D eigenvalue weighted by atomic mass is 35.5. The van der Waals surface area contributed by atoms with Crippen LogP contribution in [0, 0.1) is 0 Å². The maximum absolute atomic E-state index is 13.1. The molecular weight excluding hydrogens is 479 g/mol. The van der Waals surface area contributed by atoms with Gasteiger partial charge in [0.25, 0.3) is 5.56 Å². The number of phenols is 1. The van der Waals surface area contributed by atoms with Crippen LogP contribution in [0.5, 0.6) is 5.75 Å². The Balaban J connectivity index is 1.77. The molecule has 5 nitrogen and oxygen atoms in total. The highest BCUT2D eigenvalue weighted by molar-refractivity contribution is 6.30. The van der Waals surface area contributed by atoms with E-state index in [1.54, 1.807) is 24.3 Å². The summed E-state index contributed by atoms with van der Waals surface area (Å²) in [5.41, 5.74) is 2.08. The van der Waals surface area contributed by atoms with E-state index in [-0.39, 0.29) is 11.3 Å². The second-order valence-corrected chi connectivity index (χ2v) is 8.44. The van der Waals surface area contributed by atoms with E-state index in [2.05, 4.69) is 4.98 Å². The van der Waals surface area contributed by atoms with E-state index in [0.717, 1.165) is 23.3 Å². The van der Waals surface area contributed by atoms with Crippen LogP contribution < -0.4 is 5.56 Å². The molecule has 2 aromatic heterocycles. The van der Waals surface area contributed by atoms with Crippen LogP contribution >= 0.6 is 11.6 Å². The van der Waals surface area contributed by atoms with Gasteiger partial charge < -0.3 is 10.1 Å². The fourth-order valence-corrected chi connectivity index (χ4v) is 4.17. The first kappa shape index (κ1) is 22.7. The molecule has 0 aliphatic carbocycles. The number of H-pyrrole nitrogens is 1. The molecule has 0 aliphatic rings. The van der Waals surface area contributed by atoms with Crippen molar-refractivity contribution in [3.63, 3.8) is 0 Å². The van der Waals surface area contributed by atoms with E-state index in [4.69, 9.17) is 16.7 Å². The lowest BCUT2D eigenvalue weighted by atomic mass is 10.0. The molecule has 3 aromatic carbocycles. The fourth-order valence-electron chi connectivity index (χ4n) is 4.04. The van der Waals surface area contributed by atoms with Crippen LogP contribution in [0.2, 0.25) is 5.02 Å². The number of rotatable bonds is 4. The van der Waals surface area contributed by atoms with Gasteiger partial charge in [-0.05, 0) is 41.5 Å². The van der Waals surface area contributed by atoms with Gasteiger partial charge in [0.05, 0.1) is 17.0 Å². The summed E-state index contributed by atoms with van der Waals surface area (Å²) in [6, 6.07) is 20.5. The van der Waals surface area contributed by atoms with Crippen LogP contribution in [0.3, 0.4) is 0 Å². The summed E-state index contributed by atoms with van der Waals surface area (Å²) in [4.78, 5) is 15.4. The molecule has 5 aromatic rings. The van der Waals surface area contributed by atoms with Crippen LogP contribution in [-0.2, 0) is 12.6 Å². The summed E-state index contributed by atoms with van der Waals surface area (Å²) < 4.78 is 40.8. The van der Waals surface area contributed by atoms with Crippen LogP contribution in [-0.4, -0.2) is 19.7 Å². The number of phenolic OH excluding ortho intramolecular Hbond substituents is 1. The number of alkyl halides is 3. The zero-order chi connectivity index (χ0) is 24.7. The van der Waals surface area contributed by atoms with Gasteiger partial charge in [-0.2, -0.15) is 18.3 Å². The number of aromatic nitrogens is 3. The third kappa shape index (κ3) is 4.40. The molecule has 176 valence electrons. The Morgan fingerprint density at radius 3 is 2.34 bits per heavy atom. The molecule has 35 heavy (non-hydrogen) atoms. The summed E-state index contributed by atoms with van der Waals surface area (Å²) in [5.74, 6) is -0.611. The van der Waals surface area contributed by atoms with Crippen molar-refractivity contribution in [1.29, 1.82) is 0 Å². The van der Waals surface area contributed by atoms with Gasteiger partial charge in [0, 0.05) is 28.6 Å². The van der Waals surface area contributed by atoms with Crippen molar-refractivity contribution in [2.75, 3.05) is 0 Å². The van der Waals surface area contributed by atoms with Gasteiger partial charge in [0.15, 0.2) is 0 Å². The molecule has 9 heteroatoms. The van der Waals surface area contributed by atoms with Crippen molar-refractivity contribution < 1.29 is 18.3 Å². The number of nitrogens with zero attached hydrogens (tertiary/aromatic N) is 2. The molecular formula is C26H17ClF3N3O2. The number of hydrogen-bond acceptors (Lipinski definition) is 3. The number of nitrogens with one attached hydrogen (secondary N) is 1. The van der Waals surface area contributed by atoms with Crippen LogP contribution in [0.15, 0.2) is 83.7 Å². The molecule has 0 spiro atoms. The van der Waals surface area contributed by atoms with E-state index in [0.29, 0.717) is 34.4 Å². The molecule has 5 rings (SSSR count).